The first kappa shape index (κ1) is 17.4. The highest BCUT2D eigenvalue weighted by Gasteiger charge is 2.13. The first-order valence-electron chi connectivity index (χ1n) is 7.30. The fourth-order valence-corrected chi connectivity index (χ4v) is 2.31. The standard InChI is InChI=1S/C19H20O5/c1-21-14-11-13(19(24-4)18(12-14)23-3)9-10-16(20)15-7-5-6-8-17(15)22-2/h5-12H,1-4H3/b10-9+. The Morgan fingerprint density at radius 3 is 2.21 bits per heavy atom. The summed E-state index contributed by atoms with van der Waals surface area (Å²) in [7, 11) is 6.19. The molecule has 2 aromatic carbocycles. The summed E-state index contributed by atoms with van der Waals surface area (Å²) in [4.78, 5) is 12.4. The van der Waals surface area contributed by atoms with Crippen LogP contribution in [-0.2, 0) is 0 Å². The number of ketones is 1. The van der Waals surface area contributed by atoms with Gasteiger partial charge < -0.3 is 18.9 Å². The molecule has 24 heavy (non-hydrogen) atoms. The molecule has 0 aromatic heterocycles. The highest BCUT2D eigenvalue weighted by Crippen LogP contribution is 2.36. The summed E-state index contributed by atoms with van der Waals surface area (Å²) in [6, 6.07) is 10.6. The number of hydrogen-bond donors (Lipinski definition) is 0. The van der Waals surface area contributed by atoms with Crippen molar-refractivity contribution in [2.75, 3.05) is 28.4 Å². The van der Waals surface area contributed by atoms with E-state index in [9.17, 15) is 4.79 Å². The van der Waals surface area contributed by atoms with Gasteiger partial charge in [0.05, 0.1) is 34.0 Å². The quantitative estimate of drug-likeness (QED) is 0.574. The second kappa shape index (κ2) is 8.06. The van der Waals surface area contributed by atoms with Crippen LogP contribution in [-0.4, -0.2) is 34.2 Å². The summed E-state index contributed by atoms with van der Waals surface area (Å²) in [5.74, 6) is 2.03. The number of para-hydroxylation sites is 1. The van der Waals surface area contributed by atoms with Crippen LogP contribution in [0.25, 0.3) is 6.08 Å². The van der Waals surface area contributed by atoms with Gasteiger partial charge in [0.1, 0.15) is 11.5 Å². The molecular formula is C19H20O5. The number of carbonyl (C=O) groups excluding carboxylic acids is 1. The Hall–Kier alpha value is -2.95. The van der Waals surface area contributed by atoms with Gasteiger partial charge in [-0.2, -0.15) is 0 Å². The average molecular weight is 328 g/mol. The van der Waals surface area contributed by atoms with E-state index >= 15 is 0 Å². The largest absolute Gasteiger partial charge is 0.497 e. The molecule has 0 radical (unpaired) electrons. The van der Waals surface area contributed by atoms with Crippen LogP contribution in [0.4, 0.5) is 0 Å². The summed E-state index contributed by atoms with van der Waals surface area (Å²) >= 11 is 0. The first-order valence-corrected chi connectivity index (χ1v) is 7.30. The van der Waals surface area contributed by atoms with Crippen molar-refractivity contribution in [3.8, 4) is 23.0 Å². The lowest BCUT2D eigenvalue weighted by Gasteiger charge is -2.12. The lowest BCUT2D eigenvalue weighted by atomic mass is 10.1. The van der Waals surface area contributed by atoms with Gasteiger partial charge in [-0.05, 0) is 30.4 Å². The maximum atomic E-state index is 12.4. The Morgan fingerprint density at radius 2 is 1.58 bits per heavy atom. The zero-order valence-electron chi connectivity index (χ0n) is 14.2. The summed E-state index contributed by atoms with van der Waals surface area (Å²) in [6.07, 6.45) is 3.13. The monoisotopic (exact) mass is 328 g/mol. The molecule has 0 amide bonds. The summed E-state index contributed by atoms with van der Waals surface area (Å²) in [5, 5.41) is 0. The SMILES string of the molecule is COc1cc(/C=C/C(=O)c2ccccc2OC)c(OC)c(OC)c1. The van der Waals surface area contributed by atoms with Gasteiger partial charge in [-0.1, -0.05) is 12.1 Å². The molecule has 0 bridgehead atoms. The van der Waals surface area contributed by atoms with Gasteiger partial charge in [-0.3, -0.25) is 4.79 Å². The van der Waals surface area contributed by atoms with Crippen LogP contribution in [0.3, 0.4) is 0 Å². The Kier molecular flexibility index (Phi) is 5.84. The molecule has 0 aliphatic rings. The number of benzene rings is 2. The molecule has 2 aromatic rings. The molecule has 0 saturated heterocycles. The van der Waals surface area contributed by atoms with Crippen LogP contribution in [0.5, 0.6) is 23.0 Å². The second-order valence-corrected chi connectivity index (χ2v) is 4.85. The molecule has 126 valence electrons. The van der Waals surface area contributed by atoms with Gasteiger partial charge in [0.15, 0.2) is 17.3 Å². The van der Waals surface area contributed by atoms with E-state index in [1.807, 2.05) is 6.07 Å². The number of hydrogen-bond acceptors (Lipinski definition) is 5. The van der Waals surface area contributed by atoms with E-state index in [0.717, 1.165) is 0 Å². The Bertz CT molecular complexity index is 749. The third-order valence-corrected chi connectivity index (χ3v) is 3.50. The van der Waals surface area contributed by atoms with Crippen LogP contribution < -0.4 is 18.9 Å². The van der Waals surface area contributed by atoms with E-state index in [0.29, 0.717) is 34.1 Å². The van der Waals surface area contributed by atoms with E-state index in [-0.39, 0.29) is 5.78 Å². The lowest BCUT2D eigenvalue weighted by Crippen LogP contribution is -1.99. The third-order valence-electron chi connectivity index (χ3n) is 3.50. The second-order valence-electron chi connectivity index (χ2n) is 4.85. The molecule has 0 aliphatic carbocycles. The van der Waals surface area contributed by atoms with Gasteiger partial charge >= 0.3 is 0 Å². The highest BCUT2D eigenvalue weighted by atomic mass is 16.5. The molecule has 2 rings (SSSR count). The normalized spacial score (nSPS) is 10.5. The Labute approximate surface area is 141 Å². The highest BCUT2D eigenvalue weighted by molar-refractivity contribution is 6.08. The number of ether oxygens (including phenoxy) is 4. The topological polar surface area (TPSA) is 54.0 Å². The number of methoxy groups -OCH3 is 4. The summed E-state index contributed by atoms with van der Waals surface area (Å²) in [6.45, 7) is 0. The molecule has 0 fully saturated rings. The van der Waals surface area contributed by atoms with Crippen molar-refractivity contribution in [1.82, 2.24) is 0 Å². The van der Waals surface area contributed by atoms with Gasteiger partial charge in [-0.15, -0.1) is 0 Å². The van der Waals surface area contributed by atoms with Crippen molar-refractivity contribution in [1.29, 1.82) is 0 Å². The average Bonchev–Trinajstić information content (AvgIpc) is 2.64. The van der Waals surface area contributed by atoms with Gasteiger partial charge in [0.2, 0.25) is 0 Å². The van der Waals surface area contributed by atoms with Crippen molar-refractivity contribution in [3.05, 3.63) is 53.6 Å². The lowest BCUT2D eigenvalue weighted by molar-refractivity contribution is 0.104. The molecule has 0 spiro atoms. The van der Waals surface area contributed by atoms with E-state index in [1.165, 1.54) is 13.2 Å². The number of rotatable bonds is 7. The van der Waals surface area contributed by atoms with E-state index in [1.54, 1.807) is 57.7 Å². The summed E-state index contributed by atoms with van der Waals surface area (Å²) in [5.41, 5.74) is 1.17. The first-order chi connectivity index (χ1) is 11.6. The van der Waals surface area contributed by atoms with Crippen LogP contribution in [0.15, 0.2) is 42.5 Å². The van der Waals surface area contributed by atoms with Crippen LogP contribution in [0.2, 0.25) is 0 Å². The smallest absolute Gasteiger partial charge is 0.189 e. The van der Waals surface area contributed by atoms with E-state index in [4.69, 9.17) is 18.9 Å². The third kappa shape index (κ3) is 3.68. The predicted molar refractivity (Wildman–Crippen MR) is 92.5 cm³/mol. The van der Waals surface area contributed by atoms with Crippen LogP contribution >= 0.6 is 0 Å². The number of allylic oxidation sites excluding steroid dienone is 1. The minimum absolute atomic E-state index is 0.170. The minimum atomic E-state index is -0.170. The molecule has 0 N–H and O–H groups in total. The molecule has 5 nitrogen and oxygen atoms in total. The molecular weight excluding hydrogens is 308 g/mol. The maximum Gasteiger partial charge on any atom is 0.189 e. The van der Waals surface area contributed by atoms with Crippen LogP contribution in [0, 0.1) is 0 Å². The molecule has 0 heterocycles. The minimum Gasteiger partial charge on any atom is -0.497 e. The van der Waals surface area contributed by atoms with Crippen molar-refractivity contribution >= 4 is 11.9 Å². The molecule has 0 atom stereocenters. The van der Waals surface area contributed by atoms with Crippen LogP contribution in [0.1, 0.15) is 15.9 Å². The van der Waals surface area contributed by atoms with Crippen molar-refractivity contribution in [2.24, 2.45) is 0 Å². The summed E-state index contributed by atoms with van der Waals surface area (Å²) < 4.78 is 21.2. The van der Waals surface area contributed by atoms with E-state index in [2.05, 4.69) is 0 Å². The fraction of sp³-hybridized carbons (Fsp3) is 0.211. The van der Waals surface area contributed by atoms with Crippen molar-refractivity contribution in [3.63, 3.8) is 0 Å². The maximum absolute atomic E-state index is 12.4. The molecule has 0 aliphatic heterocycles. The number of carbonyl (C=O) groups is 1. The van der Waals surface area contributed by atoms with Gasteiger partial charge in [-0.25, -0.2) is 0 Å². The van der Waals surface area contributed by atoms with Crippen molar-refractivity contribution in [2.45, 2.75) is 0 Å². The van der Waals surface area contributed by atoms with Gasteiger partial charge in [0, 0.05) is 11.6 Å². The molecule has 5 heteroatoms. The van der Waals surface area contributed by atoms with Gasteiger partial charge in [0.25, 0.3) is 0 Å². The fourth-order valence-electron chi connectivity index (χ4n) is 2.31. The predicted octanol–water partition coefficient (Wildman–Crippen LogP) is 3.62. The Morgan fingerprint density at radius 1 is 0.875 bits per heavy atom. The van der Waals surface area contributed by atoms with Crippen molar-refractivity contribution < 1.29 is 23.7 Å². The Balaban J connectivity index is 2.39. The molecule has 0 saturated carbocycles. The zero-order valence-corrected chi connectivity index (χ0v) is 14.2. The molecule has 0 unspecified atom stereocenters. The zero-order chi connectivity index (χ0) is 17.5. The van der Waals surface area contributed by atoms with E-state index < -0.39 is 0 Å².